The molecule has 0 aromatic heterocycles. The first-order chi connectivity index (χ1) is 10.7. The Kier molecular flexibility index (Phi) is 5.24. The van der Waals surface area contributed by atoms with Gasteiger partial charge in [-0.05, 0) is 58.9 Å². The predicted octanol–water partition coefficient (Wildman–Crippen LogP) is 4.19. The van der Waals surface area contributed by atoms with Gasteiger partial charge in [0.15, 0.2) is 5.17 Å². The van der Waals surface area contributed by atoms with E-state index in [0.29, 0.717) is 5.88 Å². The largest absolute Gasteiger partial charge is 0.497 e. The Bertz CT molecular complexity index is 591. The van der Waals surface area contributed by atoms with Crippen LogP contribution < -0.4 is 9.64 Å². The molecule has 0 unspecified atom stereocenters. The second-order valence-corrected chi connectivity index (χ2v) is 7.62. The zero-order chi connectivity index (χ0) is 17.2. The zero-order valence-electron chi connectivity index (χ0n) is 14.7. The molecule has 2 amide bonds. The first-order valence-electron chi connectivity index (χ1n) is 7.70. The fraction of sp³-hybridized carbons (Fsp3) is 0.529. The van der Waals surface area contributed by atoms with E-state index in [1.165, 1.54) is 0 Å². The molecular weight excluding hydrogens is 310 g/mol. The molecule has 2 rings (SSSR count). The van der Waals surface area contributed by atoms with Gasteiger partial charge in [0.05, 0.1) is 18.5 Å². The van der Waals surface area contributed by atoms with Gasteiger partial charge in [0.25, 0.3) is 0 Å². The van der Waals surface area contributed by atoms with Crippen molar-refractivity contribution in [2.45, 2.75) is 46.2 Å². The summed E-state index contributed by atoms with van der Waals surface area (Å²) in [7, 11) is 1.63. The van der Waals surface area contributed by atoms with Gasteiger partial charge in [0.1, 0.15) is 5.75 Å². The van der Waals surface area contributed by atoms with Gasteiger partial charge in [-0.3, -0.25) is 14.8 Å². The van der Waals surface area contributed by atoms with Crippen molar-refractivity contribution in [1.29, 1.82) is 0 Å². The van der Waals surface area contributed by atoms with Crippen LogP contribution in [0.25, 0.3) is 0 Å². The molecule has 0 saturated carbocycles. The number of carbonyl (C=O) groups excluding carboxylic acids is 1. The Hall–Kier alpha value is -1.69. The SMILES string of the molecule is COc1ccc(N2CS/C(=N\C(C)(C)C)N(C(C)C)C2=O)cc1. The van der Waals surface area contributed by atoms with Gasteiger partial charge in [0, 0.05) is 11.7 Å². The molecule has 1 aliphatic heterocycles. The lowest BCUT2D eigenvalue weighted by molar-refractivity contribution is 0.220. The van der Waals surface area contributed by atoms with Gasteiger partial charge in [0.2, 0.25) is 0 Å². The third-order valence-electron chi connectivity index (χ3n) is 3.30. The number of methoxy groups -OCH3 is 1. The molecule has 0 atom stereocenters. The molecule has 1 aliphatic rings. The van der Waals surface area contributed by atoms with Crippen LogP contribution in [-0.2, 0) is 0 Å². The fourth-order valence-corrected chi connectivity index (χ4v) is 3.49. The molecule has 23 heavy (non-hydrogen) atoms. The lowest BCUT2D eigenvalue weighted by Gasteiger charge is -2.38. The van der Waals surface area contributed by atoms with Gasteiger partial charge >= 0.3 is 6.03 Å². The van der Waals surface area contributed by atoms with Gasteiger partial charge in [-0.15, -0.1) is 0 Å². The van der Waals surface area contributed by atoms with Gasteiger partial charge in [-0.25, -0.2) is 4.79 Å². The fourth-order valence-electron chi connectivity index (χ4n) is 2.22. The van der Waals surface area contributed by atoms with Crippen LogP contribution in [-0.4, -0.2) is 40.7 Å². The van der Waals surface area contributed by atoms with Crippen LogP contribution in [0.3, 0.4) is 0 Å². The van der Waals surface area contributed by atoms with E-state index in [9.17, 15) is 4.79 Å². The molecule has 126 valence electrons. The van der Waals surface area contributed by atoms with Crippen molar-refractivity contribution >= 4 is 28.6 Å². The van der Waals surface area contributed by atoms with Gasteiger partial charge in [-0.1, -0.05) is 11.8 Å². The van der Waals surface area contributed by atoms with E-state index in [1.54, 1.807) is 28.7 Å². The number of thioether (sulfide) groups is 1. The Labute approximate surface area is 142 Å². The second kappa shape index (κ2) is 6.83. The van der Waals surface area contributed by atoms with Crippen molar-refractivity contribution in [3.05, 3.63) is 24.3 Å². The molecule has 0 N–H and O–H groups in total. The molecule has 0 bridgehead atoms. The highest BCUT2D eigenvalue weighted by Crippen LogP contribution is 2.30. The molecule has 0 spiro atoms. The normalized spacial score (nSPS) is 18.0. The highest BCUT2D eigenvalue weighted by Gasteiger charge is 2.34. The minimum Gasteiger partial charge on any atom is -0.497 e. The number of rotatable bonds is 3. The molecular formula is C17H25N3O2S. The van der Waals surface area contributed by atoms with E-state index in [2.05, 4.69) is 0 Å². The summed E-state index contributed by atoms with van der Waals surface area (Å²) in [6.45, 7) is 10.1. The van der Waals surface area contributed by atoms with E-state index >= 15 is 0 Å². The van der Waals surface area contributed by atoms with Crippen molar-refractivity contribution in [2.75, 3.05) is 17.9 Å². The summed E-state index contributed by atoms with van der Waals surface area (Å²) >= 11 is 1.59. The van der Waals surface area contributed by atoms with Crippen molar-refractivity contribution in [2.24, 2.45) is 4.99 Å². The Balaban J connectivity index is 2.30. The number of nitrogens with zero attached hydrogens (tertiary/aromatic N) is 3. The monoisotopic (exact) mass is 335 g/mol. The maximum Gasteiger partial charge on any atom is 0.331 e. The number of benzene rings is 1. The number of amides is 2. The molecule has 1 aromatic carbocycles. The lowest BCUT2D eigenvalue weighted by atomic mass is 10.1. The molecule has 1 saturated heterocycles. The topological polar surface area (TPSA) is 45.1 Å². The number of aliphatic imine (C=N–C) groups is 1. The third-order valence-corrected chi connectivity index (χ3v) is 4.23. The van der Waals surface area contributed by atoms with Crippen LogP contribution in [0.5, 0.6) is 5.75 Å². The maximum absolute atomic E-state index is 12.9. The number of hydrogen-bond acceptors (Lipinski definition) is 4. The number of ether oxygens (including phenoxy) is 1. The van der Waals surface area contributed by atoms with Crippen molar-refractivity contribution in [3.63, 3.8) is 0 Å². The van der Waals surface area contributed by atoms with Gasteiger partial charge < -0.3 is 4.74 Å². The van der Waals surface area contributed by atoms with Gasteiger partial charge in [-0.2, -0.15) is 0 Å². The van der Waals surface area contributed by atoms with Crippen molar-refractivity contribution < 1.29 is 9.53 Å². The minimum atomic E-state index is -0.210. The van der Waals surface area contributed by atoms with Crippen LogP contribution in [0.4, 0.5) is 10.5 Å². The number of hydrogen-bond donors (Lipinski definition) is 0. The molecule has 6 heteroatoms. The Morgan fingerprint density at radius 2 is 1.83 bits per heavy atom. The summed E-state index contributed by atoms with van der Waals surface area (Å²) in [5, 5.41) is 0.794. The number of amidine groups is 1. The van der Waals surface area contributed by atoms with E-state index < -0.39 is 0 Å². The minimum absolute atomic E-state index is 0.0353. The number of urea groups is 1. The van der Waals surface area contributed by atoms with Crippen LogP contribution >= 0.6 is 11.8 Å². The summed E-state index contributed by atoms with van der Waals surface area (Å²) in [6, 6.07) is 7.56. The second-order valence-electron chi connectivity index (χ2n) is 6.71. The quantitative estimate of drug-likeness (QED) is 0.832. The molecule has 0 radical (unpaired) electrons. The molecule has 0 aliphatic carbocycles. The van der Waals surface area contributed by atoms with Crippen LogP contribution in [0, 0.1) is 0 Å². The Morgan fingerprint density at radius 1 is 1.22 bits per heavy atom. The summed E-state index contributed by atoms with van der Waals surface area (Å²) in [6.07, 6.45) is 0. The molecule has 1 fully saturated rings. The standard InChI is InChI=1S/C17H25N3O2S/c1-12(2)20-15(18-17(3,4)5)23-11-19(16(20)21)13-7-9-14(22-6)10-8-13/h7-10,12H,11H2,1-6H3/b18-15-. The summed E-state index contributed by atoms with van der Waals surface area (Å²) in [5.74, 6) is 1.34. The van der Waals surface area contributed by atoms with Crippen molar-refractivity contribution in [1.82, 2.24) is 4.90 Å². The first kappa shape index (κ1) is 17.7. The summed E-state index contributed by atoms with van der Waals surface area (Å²) in [4.78, 5) is 21.2. The highest BCUT2D eigenvalue weighted by molar-refractivity contribution is 8.14. The lowest BCUT2D eigenvalue weighted by Crippen LogP contribution is -2.53. The number of carbonyl (C=O) groups is 1. The molecule has 5 nitrogen and oxygen atoms in total. The predicted molar refractivity (Wildman–Crippen MR) is 97.5 cm³/mol. The molecule has 1 aromatic rings. The summed E-state index contributed by atoms with van der Waals surface area (Å²) in [5.41, 5.74) is 0.654. The molecule has 1 heterocycles. The first-order valence-corrected chi connectivity index (χ1v) is 8.69. The van der Waals surface area contributed by atoms with E-state index in [0.717, 1.165) is 16.6 Å². The zero-order valence-corrected chi connectivity index (χ0v) is 15.5. The van der Waals surface area contributed by atoms with E-state index in [-0.39, 0.29) is 17.6 Å². The number of anilines is 1. The summed E-state index contributed by atoms with van der Waals surface area (Å²) < 4.78 is 5.18. The van der Waals surface area contributed by atoms with Crippen molar-refractivity contribution in [3.8, 4) is 5.75 Å². The van der Waals surface area contributed by atoms with E-state index in [4.69, 9.17) is 9.73 Å². The highest BCUT2D eigenvalue weighted by atomic mass is 32.2. The van der Waals surface area contributed by atoms with Crippen LogP contribution in [0.15, 0.2) is 29.3 Å². The average molecular weight is 335 g/mol. The Morgan fingerprint density at radius 3 is 2.30 bits per heavy atom. The smallest absolute Gasteiger partial charge is 0.331 e. The van der Waals surface area contributed by atoms with Crippen LogP contribution in [0.2, 0.25) is 0 Å². The third kappa shape index (κ3) is 4.19. The van der Waals surface area contributed by atoms with Crippen LogP contribution in [0.1, 0.15) is 34.6 Å². The maximum atomic E-state index is 12.9. The average Bonchev–Trinajstić information content (AvgIpc) is 2.45. The van der Waals surface area contributed by atoms with E-state index in [1.807, 2.05) is 58.9 Å².